The smallest absolute Gasteiger partial charge is 0.125 e. The Labute approximate surface area is 228 Å². The van der Waals surface area contributed by atoms with Crippen LogP contribution in [-0.4, -0.2) is 42.3 Å². The van der Waals surface area contributed by atoms with Gasteiger partial charge in [0.15, 0.2) is 0 Å². The molecule has 0 aliphatic carbocycles. The van der Waals surface area contributed by atoms with Gasteiger partial charge in [-0.3, -0.25) is 4.98 Å². The summed E-state index contributed by atoms with van der Waals surface area (Å²) in [4.78, 5) is 12.1. The van der Waals surface area contributed by atoms with Crippen molar-refractivity contribution in [1.29, 1.82) is 0 Å². The first-order chi connectivity index (χ1) is 18.2. The SMILES string of the molecule is Cc1cc(CC2Nc3cc(N4CCOCC4)cnc3C2(C)C)cc(-c2nc3cc(F)ccc3c(Cl)c2C)c1. The van der Waals surface area contributed by atoms with Crippen LogP contribution in [0, 0.1) is 19.7 Å². The Hall–Kier alpha value is -3.22. The summed E-state index contributed by atoms with van der Waals surface area (Å²) in [6, 6.07) is 13.5. The van der Waals surface area contributed by atoms with Crippen molar-refractivity contribution in [3.8, 4) is 11.3 Å². The number of ether oxygens (including phenoxy) is 1. The number of aryl methyl sites for hydroxylation is 1. The van der Waals surface area contributed by atoms with Gasteiger partial charge in [-0.05, 0) is 61.7 Å². The molecule has 1 saturated heterocycles. The van der Waals surface area contributed by atoms with Crippen LogP contribution in [0.15, 0.2) is 48.7 Å². The molecule has 0 saturated carbocycles. The number of nitrogens with one attached hydrogen (secondary N) is 1. The third-order valence-electron chi connectivity index (χ3n) is 8.02. The van der Waals surface area contributed by atoms with Crippen LogP contribution in [0.4, 0.5) is 15.8 Å². The first-order valence-corrected chi connectivity index (χ1v) is 13.5. The first-order valence-electron chi connectivity index (χ1n) is 13.2. The molecule has 4 aromatic rings. The van der Waals surface area contributed by atoms with E-state index >= 15 is 0 Å². The lowest BCUT2D eigenvalue weighted by Gasteiger charge is -2.29. The van der Waals surface area contributed by atoms with Crippen molar-refractivity contribution in [1.82, 2.24) is 9.97 Å². The van der Waals surface area contributed by atoms with Crippen LogP contribution in [0.3, 0.4) is 0 Å². The Kier molecular flexibility index (Phi) is 6.28. The fourth-order valence-corrected chi connectivity index (χ4v) is 6.09. The molecule has 196 valence electrons. The Balaban J connectivity index is 1.32. The van der Waals surface area contributed by atoms with E-state index in [1.54, 1.807) is 6.07 Å². The number of nitrogens with zero attached hydrogens (tertiary/aromatic N) is 3. The number of hydrogen-bond acceptors (Lipinski definition) is 5. The van der Waals surface area contributed by atoms with E-state index in [0.717, 1.165) is 77.6 Å². The second-order valence-corrected chi connectivity index (χ2v) is 11.5. The number of pyridine rings is 2. The second kappa shape index (κ2) is 9.51. The largest absolute Gasteiger partial charge is 0.379 e. The van der Waals surface area contributed by atoms with Gasteiger partial charge in [0, 0.05) is 41.6 Å². The highest BCUT2D eigenvalue weighted by atomic mass is 35.5. The van der Waals surface area contributed by atoms with Crippen molar-refractivity contribution in [3.05, 3.63) is 81.9 Å². The molecular formula is C31H32ClFN4O. The van der Waals surface area contributed by atoms with E-state index in [1.165, 1.54) is 17.7 Å². The van der Waals surface area contributed by atoms with E-state index in [2.05, 4.69) is 55.3 Å². The highest BCUT2D eigenvalue weighted by molar-refractivity contribution is 6.36. The molecular weight excluding hydrogens is 499 g/mol. The van der Waals surface area contributed by atoms with Gasteiger partial charge >= 0.3 is 0 Å². The minimum absolute atomic E-state index is 0.138. The summed E-state index contributed by atoms with van der Waals surface area (Å²) in [5.41, 5.74) is 8.82. The molecule has 0 radical (unpaired) electrons. The molecule has 2 aliphatic rings. The second-order valence-electron chi connectivity index (χ2n) is 11.1. The van der Waals surface area contributed by atoms with Crippen LogP contribution in [0.5, 0.6) is 0 Å². The number of benzene rings is 2. The molecule has 2 aromatic heterocycles. The van der Waals surface area contributed by atoms with Crippen molar-refractivity contribution < 1.29 is 9.13 Å². The number of fused-ring (bicyclic) bond motifs is 2. The molecule has 0 amide bonds. The summed E-state index contributed by atoms with van der Waals surface area (Å²) in [6.45, 7) is 11.9. The number of aromatic nitrogens is 2. The summed E-state index contributed by atoms with van der Waals surface area (Å²) in [5, 5.41) is 5.16. The van der Waals surface area contributed by atoms with Crippen molar-refractivity contribution in [2.75, 3.05) is 36.5 Å². The molecule has 1 atom stereocenters. The van der Waals surface area contributed by atoms with Crippen LogP contribution >= 0.6 is 11.6 Å². The van der Waals surface area contributed by atoms with Crippen molar-refractivity contribution >= 4 is 33.9 Å². The maximum absolute atomic E-state index is 14.0. The van der Waals surface area contributed by atoms with E-state index in [9.17, 15) is 4.39 Å². The summed E-state index contributed by atoms with van der Waals surface area (Å²) < 4.78 is 19.5. The van der Waals surface area contributed by atoms with Gasteiger partial charge in [0.2, 0.25) is 0 Å². The Morgan fingerprint density at radius 2 is 1.89 bits per heavy atom. The van der Waals surface area contributed by atoms with Crippen LogP contribution in [-0.2, 0) is 16.6 Å². The van der Waals surface area contributed by atoms with Crippen molar-refractivity contribution in [2.45, 2.75) is 45.6 Å². The van der Waals surface area contributed by atoms with Crippen molar-refractivity contribution in [2.24, 2.45) is 0 Å². The number of hydrogen-bond donors (Lipinski definition) is 1. The average molecular weight is 531 g/mol. The molecule has 7 heteroatoms. The van der Waals surface area contributed by atoms with Gasteiger partial charge in [-0.2, -0.15) is 0 Å². The van der Waals surface area contributed by atoms with Gasteiger partial charge in [0.25, 0.3) is 0 Å². The maximum Gasteiger partial charge on any atom is 0.125 e. The van der Waals surface area contributed by atoms with Gasteiger partial charge in [-0.15, -0.1) is 0 Å². The summed E-state index contributed by atoms with van der Waals surface area (Å²) >= 11 is 6.72. The first kappa shape index (κ1) is 25.1. The fraction of sp³-hybridized carbons (Fsp3) is 0.355. The molecule has 1 N–H and O–H groups in total. The quantitative estimate of drug-likeness (QED) is 0.312. The van der Waals surface area contributed by atoms with Gasteiger partial charge < -0.3 is 15.0 Å². The highest BCUT2D eigenvalue weighted by Gasteiger charge is 2.41. The molecule has 1 unspecified atom stereocenters. The lowest BCUT2D eigenvalue weighted by atomic mass is 9.80. The molecule has 2 aliphatic heterocycles. The lowest BCUT2D eigenvalue weighted by Crippen LogP contribution is -2.36. The van der Waals surface area contributed by atoms with Crippen LogP contribution < -0.4 is 10.2 Å². The monoisotopic (exact) mass is 530 g/mol. The predicted molar refractivity (Wildman–Crippen MR) is 153 cm³/mol. The van der Waals surface area contributed by atoms with Crippen LogP contribution in [0.2, 0.25) is 5.02 Å². The molecule has 1 fully saturated rings. The molecule has 38 heavy (non-hydrogen) atoms. The maximum atomic E-state index is 14.0. The minimum atomic E-state index is -0.319. The zero-order valence-electron chi connectivity index (χ0n) is 22.2. The lowest BCUT2D eigenvalue weighted by molar-refractivity contribution is 0.122. The summed E-state index contributed by atoms with van der Waals surface area (Å²) in [6.07, 6.45) is 2.83. The number of morpholine rings is 1. The summed E-state index contributed by atoms with van der Waals surface area (Å²) in [5.74, 6) is -0.319. The Bertz CT molecular complexity index is 1550. The zero-order chi connectivity index (χ0) is 26.6. The third-order valence-corrected chi connectivity index (χ3v) is 8.51. The zero-order valence-corrected chi connectivity index (χ0v) is 23.0. The molecule has 0 spiro atoms. The van der Waals surface area contributed by atoms with E-state index in [1.807, 2.05) is 13.1 Å². The van der Waals surface area contributed by atoms with Crippen LogP contribution in [0.25, 0.3) is 22.2 Å². The average Bonchev–Trinajstić information content (AvgIpc) is 3.14. The van der Waals surface area contributed by atoms with Crippen LogP contribution in [0.1, 0.15) is 36.2 Å². The van der Waals surface area contributed by atoms with E-state index in [4.69, 9.17) is 26.3 Å². The molecule has 0 bridgehead atoms. The fourth-order valence-electron chi connectivity index (χ4n) is 5.84. The number of halogens is 2. The minimum Gasteiger partial charge on any atom is -0.379 e. The molecule has 5 nitrogen and oxygen atoms in total. The standard InChI is InChI=1S/C31H32ClFN4O/c1-18-11-20(13-21(12-18)29-19(2)28(32)24-6-5-22(33)15-25(24)36-29)14-27-31(3,4)30-26(35-27)16-23(17-34-30)37-7-9-38-10-8-37/h5-6,11-13,15-17,27,35H,7-10,14H2,1-4H3. The molecule has 4 heterocycles. The van der Waals surface area contributed by atoms with E-state index < -0.39 is 0 Å². The topological polar surface area (TPSA) is 50.3 Å². The highest BCUT2D eigenvalue weighted by Crippen LogP contribution is 2.42. The number of rotatable bonds is 4. The summed E-state index contributed by atoms with van der Waals surface area (Å²) in [7, 11) is 0. The van der Waals surface area contributed by atoms with Gasteiger partial charge in [0.1, 0.15) is 5.82 Å². The Morgan fingerprint density at radius 1 is 1.11 bits per heavy atom. The third kappa shape index (κ3) is 4.40. The molecule has 2 aromatic carbocycles. The van der Waals surface area contributed by atoms with Gasteiger partial charge in [-0.25, -0.2) is 9.37 Å². The molecule has 6 rings (SSSR count). The predicted octanol–water partition coefficient (Wildman–Crippen LogP) is 6.86. The van der Waals surface area contributed by atoms with Gasteiger partial charge in [-0.1, -0.05) is 37.1 Å². The number of anilines is 2. The van der Waals surface area contributed by atoms with Gasteiger partial charge in [0.05, 0.1) is 52.7 Å². The van der Waals surface area contributed by atoms with Crippen molar-refractivity contribution in [3.63, 3.8) is 0 Å². The van der Waals surface area contributed by atoms with E-state index in [-0.39, 0.29) is 17.3 Å². The normalized spacial score (nSPS) is 18.5. The Morgan fingerprint density at radius 3 is 2.68 bits per heavy atom. The van der Waals surface area contributed by atoms with E-state index in [0.29, 0.717) is 10.5 Å².